The van der Waals surface area contributed by atoms with Crippen LogP contribution in [0.2, 0.25) is 0 Å². The second kappa shape index (κ2) is 7.22. The number of hydrogen-bond donors (Lipinski definition) is 3. The summed E-state index contributed by atoms with van der Waals surface area (Å²) in [5, 5.41) is 13.3. The van der Waals surface area contributed by atoms with Gasteiger partial charge in [-0.05, 0) is 29.9 Å². The van der Waals surface area contributed by atoms with Crippen molar-refractivity contribution in [2.75, 3.05) is 6.54 Å². The Balaban J connectivity index is 1.95. The molecule has 0 bridgehead atoms. The van der Waals surface area contributed by atoms with Crippen molar-refractivity contribution in [1.29, 1.82) is 0 Å². The van der Waals surface area contributed by atoms with Gasteiger partial charge in [-0.15, -0.1) is 0 Å². The normalized spacial score (nSPS) is 12.5. The number of H-pyrrole nitrogens is 1. The molecule has 0 saturated carbocycles. The Hall–Kier alpha value is -2.14. The van der Waals surface area contributed by atoms with Crippen molar-refractivity contribution in [1.82, 2.24) is 10.3 Å². The lowest BCUT2D eigenvalue weighted by atomic mass is 10.1. The van der Waals surface area contributed by atoms with Gasteiger partial charge in [0, 0.05) is 24.0 Å². The van der Waals surface area contributed by atoms with Gasteiger partial charge in [-0.2, -0.15) is 0 Å². The molecule has 118 valence electrons. The summed E-state index contributed by atoms with van der Waals surface area (Å²) in [7, 11) is 0. The number of carbonyl (C=O) groups excluding carboxylic acids is 1. The molecule has 1 unspecified atom stereocenters. The van der Waals surface area contributed by atoms with Crippen molar-refractivity contribution < 1.29 is 9.90 Å². The first-order chi connectivity index (χ1) is 10.5. The molecular formula is C17H22N2O3. The molecule has 3 N–H and O–H groups in total. The van der Waals surface area contributed by atoms with E-state index in [-0.39, 0.29) is 30.3 Å². The van der Waals surface area contributed by atoms with Gasteiger partial charge in [0.05, 0.1) is 6.10 Å². The van der Waals surface area contributed by atoms with Crippen LogP contribution in [0.5, 0.6) is 0 Å². The van der Waals surface area contributed by atoms with E-state index < -0.39 is 6.10 Å². The minimum Gasteiger partial charge on any atom is -0.391 e. The molecule has 0 aliphatic carbocycles. The SMILES string of the molecule is CC(C)C(O)CNC(=O)CCc1cc2ccccc2[nH]c1=O. The average Bonchev–Trinajstić information content (AvgIpc) is 2.50. The first-order valence-electron chi connectivity index (χ1n) is 7.53. The zero-order valence-electron chi connectivity index (χ0n) is 12.9. The van der Waals surface area contributed by atoms with Crippen molar-refractivity contribution in [3.05, 3.63) is 46.2 Å². The number of fused-ring (bicyclic) bond motifs is 1. The van der Waals surface area contributed by atoms with Gasteiger partial charge in [-0.1, -0.05) is 32.0 Å². The monoisotopic (exact) mass is 302 g/mol. The van der Waals surface area contributed by atoms with E-state index in [0.717, 1.165) is 10.9 Å². The van der Waals surface area contributed by atoms with Gasteiger partial charge in [0.1, 0.15) is 0 Å². The minimum atomic E-state index is -0.548. The van der Waals surface area contributed by atoms with Crippen molar-refractivity contribution in [3.63, 3.8) is 0 Å². The third-order valence-corrected chi connectivity index (χ3v) is 3.73. The van der Waals surface area contributed by atoms with E-state index in [9.17, 15) is 14.7 Å². The highest BCUT2D eigenvalue weighted by atomic mass is 16.3. The molecule has 0 saturated heterocycles. The van der Waals surface area contributed by atoms with Crippen LogP contribution in [0.15, 0.2) is 35.1 Å². The molecule has 5 nitrogen and oxygen atoms in total. The van der Waals surface area contributed by atoms with Crippen molar-refractivity contribution in [2.45, 2.75) is 32.8 Å². The van der Waals surface area contributed by atoms with Crippen LogP contribution in [-0.2, 0) is 11.2 Å². The summed E-state index contributed by atoms with van der Waals surface area (Å²) in [5.74, 6) is -0.0594. The summed E-state index contributed by atoms with van der Waals surface area (Å²) in [4.78, 5) is 26.6. The van der Waals surface area contributed by atoms with E-state index in [1.807, 2.05) is 44.2 Å². The second-order valence-corrected chi connectivity index (χ2v) is 5.83. The Kier molecular flexibility index (Phi) is 5.33. The first-order valence-corrected chi connectivity index (χ1v) is 7.53. The third-order valence-electron chi connectivity index (χ3n) is 3.73. The number of aryl methyl sites for hydroxylation is 1. The van der Waals surface area contributed by atoms with Crippen molar-refractivity contribution in [2.24, 2.45) is 5.92 Å². The summed E-state index contributed by atoms with van der Waals surface area (Å²) < 4.78 is 0. The summed E-state index contributed by atoms with van der Waals surface area (Å²) in [6.07, 6.45) is 0.0590. The topological polar surface area (TPSA) is 82.2 Å². The summed E-state index contributed by atoms with van der Waals surface area (Å²) in [6.45, 7) is 4.03. The number of aromatic amines is 1. The number of pyridine rings is 1. The fourth-order valence-corrected chi connectivity index (χ4v) is 2.17. The van der Waals surface area contributed by atoms with E-state index in [2.05, 4.69) is 10.3 Å². The molecule has 0 fully saturated rings. The molecule has 22 heavy (non-hydrogen) atoms. The molecule has 0 aliphatic heterocycles. The van der Waals surface area contributed by atoms with Crippen LogP contribution in [0.4, 0.5) is 0 Å². The Morgan fingerprint density at radius 2 is 2.05 bits per heavy atom. The smallest absolute Gasteiger partial charge is 0.251 e. The predicted molar refractivity (Wildman–Crippen MR) is 86.7 cm³/mol. The molecule has 5 heteroatoms. The number of nitrogens with one attached hydrogen (secondary N) is 2. The molecule has 0 radical (unpaired) electrons. The number of amides is 1. The van der Waals surface area contributed by atoms with E-state index in [0.29, 0.717) is 12.0 Å². The van der Waals surface area contributed by atoms with Crippen LogP contribution in [0.1, 0.15) is 25.8 Å². The highest BCUT2D eigenvalue weighted by Gasteiger charge is 2.11. The van der Waals surface area contributed by atoms with Crippen LogP contribution >= 0.6 is 0 Å². The molecule has 2 rings (SSSR count). The fraction of sp³-hybridized carbons (Fsp3) is 0.412. The largest absolute Gasteiger partial charge is 0.391 e. The summed E-state index contributed by atoms with van der Waals surface area (Å²) in [6, 6.07) is 9.37. The predicted octanol–water partition coefficient (Wildman–Crippen LogP) is 1.59. The lowest BCUT2D eigenvalue weighted by Crippen LogP contribution is -2.35. The van der Waals surface area contributed by atoms with Crippen LogP contribution in [0, 0.1) is 5.92 Å². The maximum absolute atomic E-state index is 12.0. The van der Waals surface area contributed by atoms with Crippen molar-refractivity contribution >= 4 is 16.8 Å². The van der Waals surface area contributed by atoms with Gasteiger partial charge in [-0.3, -0.25) is 9.59 Å². The number of aromatic nitrogens is 1. The summed E-state index contributed by atoms with van der Waals surface area (Å²) in [5.41, 5.74) is 1.23. The fourth-order valence-electron chi connectivity index (χ4n) is 2.17. The summed E-state index contributed by atoms with van der Waals surface area (Å²) >= 11 is 0. The van der Waals surface area contributed by atoms with E-state index in [1.165, 1.54) is 0 Å². The highest BCUT2D eigenvalue weighted by Crippen LogP contribution is 2.11. The zero-order valence-corrected chi connectivity index (χ0v) is 12.9. The van der Waals surface area contributed by atoms with Gasteiger partial charge in [-0.25, -0.2) is 0 Å². The molecular weight excluding hydrogens is 280 g/mol. The Morgan fingerprint density at radius 1 is 1.32 bits per heavy atom. The third kappa shape index (κ3) is 4.18. The Labute approximate surface area is 129 Å². The molecule has 1 amide bonds. The quantitative estimate of drug-likeness (QED) is 0.758. The molecule has 1 atom stereocenters. The average molecular weight is 302 g/mol. The standard InChI is InChI=1S/C17H22N2O3/c1-11(2)15(20)10-18-16(21)8-7-13-9-12-5-3-4-6-14(12)19-17(13)22/h3-6,9,11,15,20H,7-8,10H2,1-2H3,(H,18,21)(H,19,22). The van der Waals surface area contributed by atoms with Crippen LogP contribution in [0.25, 0.3) is 10.9 Å². The molecule has 0 spiro atoms. The van der Waals surface area contributed by atoms with Crippen LogP contribution in [0.3, 0.4) is 0 Å². The minimum absolute atomic E-state index is 0.101. The number of benzene rings is 1. The van der Waals surface area contributed by atoms with Gasteiger partial charge in [0.25, 0.3) is 5.56 Å². The highest BCUT2D eigenvalue weighted by molar-refractivity contribution is 5.79. The molecule has 1 heterocycles. The number of aliphatic hydroxyl groups is 1. The molecule has 0 aliphatic rings. The number of rotatable bonds is 6. The van der Waals surface area contributed by atoms with E-state index >= 15 is 0 Å². The Bertz CT molecular complexity index is 706. The second-order valence-electron chi connectivity index (χ2n) is 5.83. The number of hydrogen-bond acceptors (Lipinski definition) is 3. The number of aliphatic hydroxyl groups excluding tert-OH is 1. The zero-order chi connectivity index (χ0) is 16.1. The molecule has 2 aromatic rings. The molecule has 1 aromatic carbocycles. The van der Waals surface area contributed by atoms with E-state index in [1.54, 1.807) is 0 Å². The van der Waals surface area contributed by atoms with Gasteiger partial charge in [0.2, 0.25) is 5.91 Å². The lowest BCUT2D eigenvalue weighted by molar-refractivity contribution is -0.121. The lowest BCUT2D eigenvalue weighted by Gasteiger charge is -2.14. The Morgan fingerprint density at radius 3 is 2.77 bits per heavy atom. The maximum atomic E-state index is 12.0. The van der Waals surface area contributed by atoms with Crippen LogP contribution in [-0.4, -0.2) is 28.6 Å². The molecule has 1 aromatic heterocycles. The van der Waals surface area contributed by atoms with Gasteiger partial charge in [0.15, 0.2) is 0 Å². The number of carbonyl (C=O) groups is 1. The van der Waals surface area contributed by atoms with Gasteiger partial charge >= 0.3 is 0 Å². The van der Waals surface area contributed by atoms with Gasteiger partial charge < -0.3 is 15.4 Å². The number of para-hydroxylation sites is 1. The van der Waals surface area contributed by atoms with Crippen molar-refractivity contribution in [3.8, 4) is 0 Å². The maximum Gasteiger partial charge on any atom is 0.251 e. The first kappa shape index (κ1) is 16.2. The van der Waals surface area contributed by atoms with Crippen LogP contribution < -0.4 is 10.9 Å². The van der Waals surface area contributed by atoms with E-state index in [4.69, 9.17) is 0 Å².